The van der Waals surface area contributed by atoms with Gasteiger partial charge >= 0.3 is 5.97 Å². The van der Waals surface area contributed by atoms with Crippen LogP contribution in [0.1, 0.15) is 16.1 Å². The number of hydrogen-bond donors (Lipinski definition) is 2. The Kier molecular flexibility index (Phi) is 2.87. The third kappa shape index (κ3) is 1.99. The Balaban J connectivity index is 2.13. The average Bonchev–Trinajstić information content (AvgIpc) is 2.81. The third-order valence-electron chi connectivity index (χ3n) is 3.17. The Hall–Kier alpha value is -2.82. The molecule has 0 spiro atoms. The summed E-state index contributed by atoms with van der Waals surface area (Å²) >= 11 is 0. The number of carboxylic acids is 1. The number of fused-ring (bicyclic) bond motifs is 1. The normalized spacial score (nSPS) is 10.8. The summed E-state index contributed by atoms with van der Waals surface area (Å²) in [4.78, 5) is 11.2. The van der Waals surface area contributed by atoms with Crippen molar-refractivity contribution in [2.45, 2.75) is 6.54 Å². The first-order valence-electron chi connectivity index (χ1n) is 6.12. The predicted octanol–water partition coefficient (Wildman–Crippen LogP) is 2.49. The molecular weight excluding hydrogens is 256 g/mol. The van der Waals surface area contributed by atoms with Crippen molar-refractivity contribution in [2.75, 3.05) is 0 Å². The van der Waals surface area contributed by atoms with Gasteiger partial charge < -0.3 is 10.2 Å². The van der Waals surface area contributed by atoms with Crippen LogP contribution in [0.4, 0.5) is 0 Å². The highest BCUT2D eigenvalue weighted by molar-refractivity contribution is 6.01. The molecule has 0 fully saturated rings. The van der Waals surface area contributed by atoms with Crippen LogP contribution < -0.4 is 0 Å². The van der Waals surface area contributed by atoms with E-state index in [1.165, 1.54) is 0 Å². The summed E-state index contributed by atoms with van der Waals surface area (Å²) in [6, 6.07) is 14.1. The number of aromatic hydroxyl groups is 1. The van der Waals surface area contributed by atoms with Crippen LogP contribution in [-0.4, -0.2) is 26.0 Å². The predicted molar refractivity (Wildman–Crippen MR) is 73.9 cm³/mol. The van der Waals surface area contributed by atoms with Gasteiger partial charge in [0.1, 0.15) is 5.75 Å². The van der Waals surface area contributed by atoms with Crippen molar-refractivity contribution in [2.24, 2.45) is 0 Å². The summed E-state index contributed by atoms with van der Waals surface area (Å²) in [6.07, 6.45) is 0. The van der Waals surface area contributed by atoms with Crippen LogP contribution in [0.25, 0.3) is 10.9 Å². The standard InChI is InChI=1S/C15H12N2O3/c18-13-8-4-1-5-10(13)9-17-12-7-3-2-6-11(12)14(16-17)15(19)20/h1-8,18H,9H2,(H,19,20). The zero-order valence-electron chi connectivity index (χ0n) is 10.5. The Morgan fingerprint density at radius 3 is 2.55 bits per heavy atom. The molecule has 0 atom stereocenters. The number of carbonyl (C=O) groups is 1. The highest BCUT2D eigenvalue weighted by atomic mass is 16.4. The maximum Gasteiger partial charge on any atom is 0.357 e. The fourth-order valence-electron chi connectivity index (χ4n) is 2.21. The second-order valence-corrected chi connectivity index (χ2v) is 4.46. The first kappa shape index (κ1) is 12.2. The smallest absolute Gasteiger partial charge is 0.357 e. The van der Waals surface area contributed by atoms with Crippen molar-refractivity contribution in [3.05, 3.63) is 59.8 Å². The summed E-state index contributed by atoms with van der Waals surface area (Å²) in [7, 11) is 0. The number of para-hydroxylation sites is 2. The monoisotopic (exact) mass is 268 g/mol. The molecule has 1 heterocycles. The molecule has 0 aliphatic heterocycles. The molecule has 0 unspecified atom stereocenters. The lowest BCUT2D eigenvalue weighted by Crippen LogP contribution is -2.04. The second-order valence-electron chi connectivity index (χ2n) is 4.46. The van der Waals surface area contributed by atoms with Gasteiger partial charge in [-0.1, -0.05) is 36.4 Å². The molecule has 3 aromatic rings. The van der Waals surface area contributed by atoms with Crippen molar-refractivity contribution in [3.8, 4) is 5.75 Å². The van der Waals surface area contributed by atoms with Crippen molar-refractivity contribution < 1.29 is 15.0 Å². The first-order chi connectivity index (χ1) is 9.66. The van der Waals surface area contributed by atoms with Crippen molar-refractivity contribution in [1.29, 1.82) is 0 Å². The largest absolute Gasteiger partial charge is 0.508 e. The summed E-state index contributed by atoms with van der Waals surface area (Å²) in [5.41, 5.74) is 1.45. The Labute approximate surface area is 114 Å². The number of hydrogen-bond acceptors (Lipinski definition) is 3. The van der Waals surface area contributed by atoms with Crippen LogP contribution in [0.3, 0.4) is 0 Å². The topological polar surface area (TPSA) is 75.3 Å². The molecule has 0 radical (unpaired) electrons. The van der Waals surface area contributed by atoms with E-state index in [0.717, 1.165) is 5.52 Å². The third-order valence-corrected chi connectivity index (χ3v) is 3.17. The lowest BCUT2D eigenvalue weighted by molar-refractivity contribution is 0.0691. The number of rotatable bonds is 3. The molecule has 0 aliphatic rings. The Bertz CT molecular complexity index is 793. The molecule has 2 N–H and O–H groups in total. The van der Waals surface area contributed by atoms with Crippen molar-refractivity contribution in [3.63, 3.8) is 0 Å². The van der Waals surface area contributed by atoms with E-state index in [4.69, 9.17) is 0 Å². The van der Waals surface area contributed by atoms with E-state index < -0.39 is 5.97 Å². The van der Waals surface area contributed by atoms with Gasteiger partial charge in [0.15, 0.2) is 5.69 Å². The van der Waals surface area contributed by atoms with Crippen LogP contribution >= 0.6 is 0 Å². The molecule has 20 heavy (non-hydrogen) atoms. The summed E-state index contributed by atoms with van der Waals surface area (Å²) in [5, 5.41) is 23.7. The molecule has 5 nitrogen and oxygen atoms in total. The molecule has 0 saturated carbocycles. The van der Waals surface area contributed by atoms with Crippen molar-refractivity contribution >= 4 is 16.9 Å². The average molecular weight is 268 g/mol. The zero-order chi connectivity index (χ0) is 14.1. The summed E-state index contributed by atoms with van der Waals surface area (Å²) in [6.45, 7) is 0.320. The van der Waals surface area contributed by atoms with Gasteiger partial charge in [-0.3, -0.25) is 4.68 Å². The number of nitrogens with zero attached hydrogens (tertiary/aromatic N) is 2. The minimum atomic E-state index is -1.06. The molecule has 5 heteroatoms. The summed E-state index contributed by atoms with van der Waals surface area (Å²) < 4.78 is 1.59. The van der Waals surface area contributed by atoms with Crippen LogP contribution in [0.15, 0.2) is 48.5 Å². The Morgan fingerprint density at radius 1 is 1.10 bits per heavy atom. The SMILES string of the molecule is O=C(O)c1nn(Cc2ccccc2O)c2ccccc12. The number of phenols is 1. The highest BCUT2D eigenvalue weighted by Crippen LogP contribution is 2.22. The maximum absolute atomic E-state index is 11.2. The molecule has 1 aromatic heterocycles. The summed E-state index contributed by atoms with van der Waals surface area (Å²) in [5.74, 6) is -0.888. The maximum atomic E-state index is 11.2. The van der Waals surface area contributed by atoms with Crippen LogP contribution in [0, 0.1) is 0 Å². The van der Waals surface area contributed by atoms with Crippen LogP contribution in [0.2, 0.25) is 0 Å². The van der Waals surface area contributed by atoms with Gasteiger partial charge in [0.25, 0.3) is 0 Å². The first-order valence-corrected chi connectivity index (χ1v) is 6.12. The molecule has 0 amide bonds. The fraction of sp³-hybridized carbons (Fsp3) is 0.0667. The molecule has 3 rings (SSSR count). The zero-order valence-corrected chi connectivity index (χ0v) is 10.5. The van der Waals surface area contributed by atoms with E-state index in [0.29, 0.717) is 17.5 Å². The number of aromatic nitrogens is 2. The van der Waals surface area contributed by atoms with E-state index in [-0.39, 0.29) is 11.4 Å². The van der Waals surface area contributed by atoms with E-state index >= 15 is 0 Å². The van der Waals surface area contributed by atoms with E-state index in [2.05, 4.69) is 5.10 Å². The Morgan fingerprint density at radius 2 is 1.80 bits per heavy atom. The van der Waals surface area contributed by atoms with E-state index in [9.17, 15) is 15.0 Å². The van der Waals surface area contributed by atoms with Gasteiger partial charge in [-0.15, -0.1) is 0 Å². The minimum Gasteiger partial charge on any atom is -0.508 e. The molecule has 2 aromatic carbocycles. The number of phenolic OH excluding ortho intramolecular Hbond substituents is 1. The lowest BCUT2D eigenvalue weighted by atomic mass is 10.2. The quantitative estimate of drug-likeness (QED) is 0.765. The second kappa shape index (κ2) is 4.70. The minimum absolute atomic E-state index is 0.0241. The van der Waals surface area contributed by atoms with E-state index in [1.54, 1.807) is 35.0 Å². The molecule has 0 bridgehead atoms. The molecular formula is C15H12N2O3. The van der Waals surface area contributed by atoms with Crippen LogP contribution in [0.5, 0.6) is 5.75 Å². The van der Waals surface area contributed by atoms with Gasteiger partial charge in [-0.25, -0.2) is 4.79 Å². The van der Waals surface area contributed by atoms with Gasteiger partial charge in [-0.05, 0) is 12.1 Å². The number of benzene rings is 2. The van der Waals surface area contributed by atoms with Crippen LogP contribution in [-0.2, 0) is 6.54 Å². The van der Waals surface area contributed by atoms with E-state index in [1.807, 2.05) is 18.2 Å². The molecule has 0 saturated heterocycles. The molecule has 100 valence electrons. The van der Waals surface area contributed by atoms with Gasteiger partial charge in [0.05, 0.1) is 12.1 Å². The number of aromatic carboxylic acids is 1. The van der Waals surface area contributed by atoms with Gasteiger partial charge in [0.2, 0.25) is 0 Å². The molecule has 0 aliphatic carbocycles. The van der Waals surface area contributed by atoms with Gasteiger partial charge in [0, 0.05) is 10.9 Å². The number of carboxylic acid groups (broad SMARTS) is 1. The lowest BCUT2D eigenvalue weighted by Gasteiger charge is -2.05. The van der Waals surface area contributed by atoms with Crippen molar-refractivity contribution in [1.82, 2.24) is 9.78 Å². The highest BCUT2D eigenvalue weighted by Gasteiger charge is 2.16. The van der Waals surface area contributed by atoms with Gasteiger partial charge in [-0.2, -0.15) is 5.10 Å². The fourth-order valence-corrected chi connectivity index (χ4v) is 2.21.